The number of para-hydroxylation sites is 1. The van der Waals surface area contributed by atoms with Gasteiger partial charge in [0, 0.05) is 25.7 Å². The molecule has 1 saturated heterocycles. The molecule has 1 heterocycles. The largest absolute Gasteiger partial charge is 0.381 e. The van der Waals surface area contributed by atoms with E-state index in [1.165, 1.54) is 5.57 Å². The molecule has 1 aliphatic heterocycles. The number of allylic oxidation sites excluding steroid dienone is 1. The summed E-state index contributed by atoms with van der Waals surface area (Å²) in [7, 11) is 0. The Bertz CT molecular complexity index is 501. The van der Waals surface area contributed by atoms with Gasteiger partial charge in [0.15, 0.2) is 0 Å². The molecule has 1 aromatic rings. The van der Waals surface area contributed by atoms with E-state index in [-0.39, 0.29) is 0 Å². The lowest BCUT2D eigenvalue weighted by molar-refractivity contribution is 0.240. The monoisotopic (exact) mass is 269 g/mol. The average Bonchev–Trinajstić information content (AvgIpc) is 2.47. The topological polar surface area (TPSA) is 39.1 Å². The fourth-order valence-electron chi connectivity index (χ4n) is 2.50. The lowest BCUT2D eigenvalue weighted by Crippen LogP contribution is -2.39. The zero-order chi connectivity index (χ0) is 14.4. The molecule has 1 aliphatic rings. The van der Waals surface area contributed by atoms with Gasteiger partial charge in [0.2, 0.25) is 0 Å². The van der Waals surface area contributed by atoms with Crippen molar-refractivity contribution >= 4 is 5.69 Å². The highest BCUT2D eigenvalue weighted by Gasteiger charge is 2.18. The Kier molecular flexibility index (Phi) is 5.20. The summed E-state index contributed by atoms with van der Waals surface area (Å²) >= 11 is 0. The molecule has 1 aromatic carbocycles. The van der Waals surface area contributed by atoms with Gasteiger partial charge in [-0.25, -0.2) is 0 Å². The first kappa shape index (κ1) is 14.6. The van der Waals surface area contributed by atoms with Gasteiger partial charge in [-0.05, 0) is 38.8 Å². The van der Waals surface area contributed by atoms with Crippen molar-refractivity contribution in [2.45, 2.75) is 32.7 Å². The molecule has 1 fully saturated rings. The van der Waals surface area contributed by atoms with Gasteiger partial charge in [0.25, 0.3) is 0 Å². The maximum Gasteiger partial charge on any atom is 0.101 e. The molecule has 106 valence electrons. The van der Waals surface area contributed by atoms with Gasteiger partial charge >= 0.3 is 0 Å². The van der Waals surface area contributed by atoms with Crippen LogP contribution in [0.1, 0.15) is 32.3 Å². The van der Waals surface area contributed by atoms with Crippen LogP contribution in [0, 0.1) is 11.3 Å². The molecule has 0 unspecified atom stereocenters. The normalized spacial score (nSPS) is 16.4. The molecular formula is C17H23N3. The van der Waals surface area contributed by atoms with E-state index in [0.29, 0.717) is 6.04 Å². The molecule has 0 aliphatic carbocycles. The van der Waals surface area contributed by atoms with Gasteiger partial charge < -0.3 is 5.32 Å². The minimum atomic E-state index is 0.479. The first-order chi connectivity index (χ1) is 9.69. The minimum absolute atomic E-state index is 0.479. The maximum absolute atomic E-state index is 9.11. The third-order valence-corrected chi connectivity index (χ3v) is 3.75. The van der Waals surface area contributed by atoms with E-state index in [4.69, 9.17) is 5.26 Å². The summed E-state index contributed by atoms with van der Waals surface area (Å²) in [6, 6.07) is 10.5. The summed E-state index contributed by atoms with van der Waals surface area (Å²) in [5, 5.41) is 12.6. The molecule has 20 heavy (non-hydrogen) atoms. The molecule has 0 aromatic heterocycles. The fraction of sp³-hybridized carbons (Fsp3) is 0.471. The summed E-state index contributed by atoms with van der Waals surface area (Å²) in [6.45, 7) is 7.59. The summed E-state index contributed by atoms with van der Waals surface area (Å²) in [5.74, 6) is 0. The minimum Gasteiger partial charge on any atom is -0.381 e. The van der Waals surface area contributed by atoms with E-state index >= 15 is 0 Å². The third-order valence-electron chi connectivity index (χ3n) is 3.75. The van der Waals surface area contributed by atoms with Crippen molar-refractivity contribution in [3.63, 3.8) is 0 Å². The number of likely N-dealkylation sites (tertiary alicyclic amines) is 1. The van der Waals surface area contributed by atoms with Crippen LogP contribution < -0.4 is 5.32 Å². The molecule has 0 radical (unpaired) electrons. The molecule has 0 spiro atoms. The van der Waals surface area contributed by atoms with Crippen LogP contribution >= 0.6 is 0 Å². The number of piperidine rings is 1. The number of anilines is 1. The van der Waals surface area contributed by atoms with Crippen LogP contribution in [0.5, 0.6) is 0 Å². The highest BCUT2D eigenvalue weighted by molar-refractivity contribution is 5.57. The first-order valence-corrected chi connectivity index (χ1v) is 7.30. The quantitative estimate of drug-likeness (QED) is 0.851. The van der Waals surface area contributed by atoms with Crippen molar-refractivity contribution in [1.29, 1.82) is 5.26 Å². The highest BCUT2D eigenvalue weighted by atomic mass is 15.1. The predicted molar refractivity (Wildman–Crippen MR) is 83.7 cm³/mol. The Balaban J connectivity index is 1.86. The van der Waals surface area contributed by atoms with Crippen LogP contribution in [-0.4, -0.2) is 30.6 Å². The van der Waals surface area contributed by atoms with Gasteiger partial charge in [-0.1, -0.05) is 23.8 Å². The molecule has 0 atom stereocenters. The highest BCUT2D eigenvalue weighted by Crippen LogP contribution is 2.19. The Morgan fingerprint density at radius 3 is 2.70 bits per heavy atom. The Labute approximate surface area is 121 Å². The van der Waals surface area contributed by atoms with Gasteiger partial charge in [0.05, 0.1) is 11.3 Å². The standard InChI is InChI=1S/C17H23N3/c1-14(2)7-10-20-11-8-16(9-12-20)19-17-6-4-3-5-15(17)13-18/h3-7,16,19H,8-12H2,1-2H3. The molecule has 2 rings (SSSR count). The Hall–Kier alpha value is -1.79. The Morgan fingerprint density at radius 1 is 1.35 bits per heavy atom. The fourth-order valence-corrected chi connectivity index (χ4v) is 2.50. The second-order valence-electron chi connectivity index (χ2n) is 5.66. The van der Waals surface area contributed by atoms with Crippen LogP contribution in [0.25, 0.3) is 0 Å². The van der Waals surface area contributed by atoms with Crippen molar-refractivity contribution in [2.24, 2.45) is 0 Å². The smallest absolute Gasteiger partial charge is 0.101 e. The third kappa shape index (κ3) is 4.11. The zero-order valence-electron chi connectivity index (χ0n) is 12.4. The van der Waals surface area contributed by atoms with E-state index in [1.54, 1.807) is 0 Å². The molecule has 3 nitrogen and oxygen atoms in total. The summed E-state index contributed by atoms with van der Waals surface area (Å²) < 4.78 is 0. The van der Waals surface area contributed by atoms with Gasteiger partial charge in [-0.2, -0.15) is 5.26 Å². The van der Waals surface area contributed by atoms with Crippen LogP contribution in [0.4, 0.5) is 5.69 Å². The average molecular weight is 269 g/mol. The van der Waals surface area contributed by atoms with E-state index in [0.717, 1.165) is 43.7 Å². The Morgan fingerprint density at radius 2 is 2.05 bits per heavy atom. The second-order valence-corrected chi connectivity index (χ2v) is 5.66. The summed E-state index contributed by atoms with van der Waals surface area (Å²) in [6.07, 6.45) is 4.56. The van der Waals surface area contributed by atoms with Crippen LogP contribution in [0.15, 0.2) is 35.9 Å². The molecule has 1 N–H and O–H groups in total. The van der Waals surface area contributed by atoms with Crippen molar-refractivity contribution in [3.05, 3.63) is 41.5 Å². The number of benzene rings is 1. The van der Waals surface area contributed by atoms with Crippen LogP contribution in [-0.2, 0) is 0 Å². The molecule has 0 bridgehead atoms. The summed E-state index contributed by atoms with van der Waals surface area (Å²) in [4.78, 5) is 2.49. The van der Waals surface area contributed by atoms with Gasteiger partial charge in [0.1, 0.15) is 6.07 Å². The second kappa shape index (κ2) is 7.12. The molecular weight excluding hydrogens is 246 g/mol. The number of rotatable bonds is 4. The first-order valence-electron chi connectivity index (χ1n) is 7.30. The number of nitrogens with one attached hydrogen (secondary N) is 1. The predicted octanol–water partition coefficient (Wildman–Crippen LogP) is 3.40. The molecule has 0 amide bonds. The van der Waals surface area contributed by atoms with Crippen molar-refractivity contribution in [2.75, 3.05) is 25.0 Å². The zero-order valence-corrected chi connectivity index (χ0v) is 12.4. The maximum atomic E-state index is 9.11. The van der Waals surface area contributed by atoms with Gasteiger partial charge in [-0.3, -0.25) is 4.90 Å². The van der Waals surface area contributed by atoms with E-state index in [2.05, 4.69) is 36.2 Å². The lowest BCUT2D eigenvalue weighted by Gasteiger charge is -2.32. The van der Waals surface area contributed by atoms with E-state index in [1.807, 2.05) is 24.3 Å². The summed E-state index contributed by atoms with van der Waals surface area (Å²) in [5.41, 5.74) is 3.09. The van der Waals surface area contributed by atoms with Crippen molar-refractivity contribution in [1.82, 2.24) is 4.90 Å². The van der Waals surface area contributed by atoms with Gasteiger partial charge in [-0.15, -0.1) is 0 Å². The van der Waals surface area contributed by atoms with Crippen molar-refractivity contribution < 1.29 is 0 Å². The van der Waals surface area contributed by atoms with E-state index in [9.17, 15) is 0 Å². The van der Waals surface area contributed by atoms with E-state index < -0.39 is 0 Å². The van der Waals surface area contributed by atoms with Crippen LogP contribution in [0.2, 0.25) is 0 Å². The number of hydrogen-bond acceptors (Lipinski definition) is 3. The number of nitriles is 1. The van der Waals surface area contributed by atoms with Crippen molar-refractivity contribution in [3.8, 4) is 6.07 Å². The number of hydrogen-bond donors (Lipinski definition) is 1. The molecule has 0 saturated carbocycles. The SMILES string of the molecule is CC(C)=CCN1CCC(Nc2ccccc2C#N)CC1. The number of nitrogens with zero attached hydrogens (tertiary/aromatic N) is 2. The van der Waals surface area contributed by atoms with Crippen LogP contribution in [0.3, 0.4) is 0 Å². The lowest BCUT2D eigenvalue weighted by atomic mass is 10.0. The molecule has 3 heteroatoms.